The highest BCUT2D eigenvalue weighted by atomic mass is 35.5. The molecule has 0 radical (unpaired) electrons. The van der Waals surface area contributed by atoms with E-state index in [2.05, 4.69) is 42.1 Å². The number of H-pyrrole nitrogens is 1. The van der Waals surface area contributed by atoms with Crippen molar-refractivity contribution in [2.45, 2.75) is 136 Å². The highest BCUT2D eigenvalue weighted by Crippen LogP contribution is 2.30. The van der Waals surface area contributed by atoms with E-state index < -0.39 is 101 Å². The van der Waals surface area contributed by atoms with Crippen molar-refractivity contribution in [3.8, 4) is 0 Å². The second-order valence-electron chi connectivity index (χ2n) is 20.6. The summed E-state index contributed by atoms with van der Waals surface area (Å²) in [4.78, 5) is 118. The SMILES string of the molecule is CN[C@H](C)C(=O)N[C@@H](C(=O)N1C[C@@H](N(C)C(=O)c2cc(C(=O)N(C)[C@H]3C[C@@H](C(=O)N[C@H](C)c4ccccc4)N(C(=O)[C@H](NC(=O)[C@@H](C)NC)C(C)(C)C)C3)[nH]n2)CC1C(=O)N[C@H](C)c1ccccc1)C(C)C.Cl.Cl. The molecule has 5 rings (SSSR count). The van der Waals surface area contributed by atoms with Crippen LogP contribution in [-0.2, 0) is 28.8 Å². The predicted molar refractivity (Wildman–Crippen MR) is 286 cm³/mol. The zero-order chi connectivity index (χ0) is 53.4. The van der Waals surface area contributed by atoms with Crippen molar-refractivity contribution in [1.82, 2.24) is 61.7 Å². The fourth-order valence-electron chi connectivity index (χ4n) is 9.00. The van der Waals surface area contributed by atoms with E-state index in [1.807, 2.05) is 95.3 Å². The van der Waals surface area contributed by atoms with Gasteiger partial charge in [0.05, 0.1) is 36.3 Å². The van der Waals surface area contributed by atoms with Crippen LogP contribution in [0, 0.1) is 11.3 Å². The molecule has 0 aliphatic carbocycles. The molecule has 0 bridgehead atoms. The molecule has 408 valence electrons. The van der Waals surface area contributed by atoms with Gasteiger partial charge < -0.3 is 51.5 Å². The van der Waals surface area contributed by atoms with Crippen molar-refractivity contribution in [2.75, 3.05) is 41.3 Å². The maximum absolute atomic E-state index is 14.6. The van der Waals surface area contributed by atoms with E-state index >= 15 is 0 Å². The molecule has 0 spiro atoms. The molecule has 2 aromatic carbocycles. The lowest BCUT2D eigenvalue weighted by Gasteiger charge is -2.36. The van der Waals surface area contributed by atoms with Gasteiger partial charge >= 0.3 is 0 Å². The summed E-state index contributed by atoms with van der Waals surface area (Å²) in [6, 6.07) is 12.8. The van der Waals surface area contributed by atoms with E-state index in [-0.39, 0.29) is 79.9 Å². The molecule has 2 saturated heterocycles. The summed E-state index contributed by atoms with van der Waals surface area (Å²) >= 11 is 0. The summed E-state index contributed by atoms with van der Waals surface area (Å²) in [5, 5.41) is 24.5. The lowest BCUT2D eigenvalue weighted by molar-refractivity contribution is -0.144. The molecule has 2 fully saturated rings. The molecule has 0 saturated carbocycles. The van der Waals surface area contributed by atoms with Crippen LogP contribution in [0.3, 0.4) is 0 Å². The first-order valence-corrected chi connectivity index (χ1v) is 24.8. The number of likely N-dealkylation sites (N-methyl/N-ethyl adjacent to an activating group) is 4. The molecule has 2 aliphatic rings. The number of rotatable bonds is 19. The smallest absolute Gasteiger partial charge is 0.274 e. The van der Waals surface area contributed by atoms with Crippen molar-refractivity contribution in [3.05, 3.63) is 89.2 Å². The standard InChI is InChI=1S/C52H76N12O8.2ClH/c1-29(2)42(57-44(65)32(5)53-10)50(71)63-27-36(24-40(63)46(67)55-30(3)34-20-16-14-17-21-34)61(12)48(69)38-26-39(60-59-38)49(70)62(13)37-25-41(47(68)56-31(4)35-22-18-15-19-23-35)64(28-37)51(72)43(52(7,8)9)58-45(66)33(6)54-11;;/h14-23,26,29-33,36-37,40-43,53-54H,24-25,27-28H2,1-13H3,(H,55,67)(H,56,68)(H,57,65)(H,58,66)(H,59,60);2*1H/t30-,31-,32-,33-,36+,37+,40?,41+,42-,43+;;/m1../s1. The Labute approximate surface area is 447 Å². The zero-order valence-corrected chi connectivity index (χ0v) is 46.5. The second kappa shape index (κ2) is 26.9. The molecule has 1 unspecified atom stereocenters. The van der Waals surface area contributed by atoms with Crippen LogP contribution in [0.1, 0.15) is 119 Å². The van der Waals surface area contributed by atoms with Gasteiger partial charge in [0.15, 0.2) is 5.69 Å². The van der Waals surface area contributed by atoms with E-state index in [1.165, 1.54) is 25.7 Å². The maximum Gasteiger partial charge on any atom is 0.274 e. The number of carbonyl (C=O) groups excluding carboxylic acids is 8. The van der Waals surface area contributed by atoms with E-state index in [0.29, 0.717) is 0 Å². The average molecular weight is 1070 g/mol. The number of benzene rings is 2. The summed E-state index contributed by atoms with van der Waals surface area (Å²) in [7, 11) is 6.37. The van der Waals surface area contributed by atoms with Gasteiger partial charge in [-0.15, -0.1) is 24.8 Å². The molecule has 2 aliphatic heterocycles. The highest BCUT2D eigenvalue weighted by Gasteiger charge is 2.48. The Morgan fingerprint density at radius 2 is 1.04 bits per heavy atom. The van der Waals surface area contributed by atoms with Crippen LogP contribution < -0.4 is 31.9 Å². The van der Waals surface area contributed by atoms with E-state index in [4.69, 9.17) is 0 Å². The Bertz CT molecular complexity index is 2420. The summed E-state index contributed by atoms with van der Waals surface area (Å²) in [5.74, 6) is -4.03. The van der Waals surface area contributed by atoms with Crippen molar-refractivity contribution in [1.29, 1.82) is 0 Å². The Morgan fingerprint density at radius 1 is 0.622 bits per heavy atom. The quantitative estimate of drug-likeness (QED) is 0.0920. The number of likely N-dealkylation sites (tertiary alicyclic amines) is 2. The van der Waals surface area contributed by atoms with Gasteiger partial charge in [-0.05, 0) is 77.1 Å². The molecular formula is C52H78Cl2N12O8. The summed E-state index contributed by atoms with van der Waals surface area (Å²) in [6.45, 7) is 16.1. The first kappa shape index (κ1) is 62.2. The van der Waals surface area contributed by atoms with Gasteiger partial charge in [-0.25, -0.2) is 0 Å². The van der Waals surface area contributed by atoms with Gasteiger partial charge in [-0.1, -0.05) is 95.3 Å². The molecule has 3 heterocycles. The molecule has 3 aromatic rings. The maximum atomic E-state index is 14.6. The lowest BCUT2D eigenvalue weighted by Crippen LogP contribution is -2.59. The number of nitrogens with zero attached hydrogens (tertiary/aromatic N) is 5. The van der Waals surface area contributed by atoms with Gasteiger partial charge in [-0.2, -0.15) is 5.10 Å². The zero-order valence-electron chi connectivity index (χ0n) is 44.8. The number of aromatic nitrogens is 2. The molecule has 7 N–H and O–H groups in total. The Kier molecular flexibility index (Phi) is 22.6. The highest BCUT2D eigenvalue weighted by molar-refractivity contribution is 5.99. The van der Waals surface area contributed by atoms with Crippen molar-refractivity contribution in [3.63, 3.8) is 0 Å². The minimum absolute atomic E-state index is 0. The van der Waals surface area contributed by atoms with Crippen LogP contribution in [0.2, 0.25) is 0 Å². The van der Waals surface area contributed by atoms with Crippen LogP contribution in [0.25, 0.3) is 0 Å². The molecule has 1 aromatic heterocycles. The Morgan fingerprint density at radius 3 is 1.46 bits per heavy atom. The van der Waals surface area contributed by atoms with E-state index in [1.54, 1.807) is 55.9 Å². The van der Waals surface area contributed by atoms with Crippen LogP contribution in [0.15, 0.2) is 66.7 Å². The predicted octanol–water partition coefficient (Wildman–Crippen LogP) is 2.98. The van der Waals surface area contributed by atoms with Gasteiger partial charge in [0.25, 0.3) is 11.8 Å². The minimum Gasteiger partial charge on any atom is -0.348 e. The van der Waals surface area contributed by atoms with Crippen LogP contribution in [0.5, 0.6) is 0 Å². The van der Waals surface area contributed by atoms with Crippen LogP contribution >= 0.6 is 24.8 Å². The first-order valence-electron chi connectivity index (χ1n) is 24.8. The van der Waals surface area contributed by atoms with Gasteiger partial charge in [-0.3, -0.25) is 43.5 Å². The number of hydrogen-bond acceptors (Lipinski definition) is 11. The van der Waals surface area contributed by atoms with Crippen molar-refractivity contribution in [2.24, 2.45) is 11.3 Å². The molecule has 20 nitrogen and oxygen atoms in total. The van der Waals surface area contributed by atoms with Crippen LogP contribution in [0.4, 0.5) is 0 Å². The van der Waals surface area contributed by atoms with Crippen LogP contribution in [-0.4, -0.2) is 167 Å². The summed E-state index contributed by atoms with van der Waals surface area (Å²) in [6.07, 6.45) is 0.156. The molecule has 22 heteroatoms. The molecule has 10 atom stereocenters. The van der Waals surface area contributed by atoms with Gasteiger partial charge in [0, 0.05) is 33.3 Å². The number of aromatic amines is 1. The normalized spacial score (nSPS) is 19.8. The fourth-order valence-corrected chi connectivity index (χ4v) is 9.00. The lowest BCUT2D eigenvalue weighted by atomic mass is 9.85. The number of halogens is 2. The van der Waals surface area contributed by atoms with Crippen molar-refractivity contribution < 1.29 is 38.4 Å². The van der Waals surface area contributed by atoms with E-state index in [9.17, 15) is 38.4 Å². The minimum atomic E-state index is -1.02. The number of nitrogens with one attached hydrogen (secondary N) is 7. The third kappa shape index (κ3) is 14.8. The van der Waals surface area contributed by atoms with Gasteiger partial charge in [0.1, 0.15) is 29.9 Å². The largest absolute Gasteiger partial charge is 0.348 e. The number of hydrogen-bond donors (Lipinski definition) is 7. The molecule has 74 heavy (non-hydrogen) atoms. The Balaban J connectivity index is 0.00000722. The topological polar surface area (TPSA) is 250 Å². The second-order valence-corrected chi connectivity index (χ2v) is 20.6. The number of carbonyl (C=O) groups is 8. The summed E-state index contributed by atoms with van der Waals surface area (Å²) in [5.41, 5.74) is 0.839. The average Bonchev–Trinajstić information content (AvgIpc) is 4.15. The summed E-state index contributed by atoms with van der Waals surface area (Å²) < 4.78 is 0. The van der Waals surface area contributed by atoms with E-state index in [0.717, 1.165) is 11.1 Å². The third-order valence-corrected chi connectivity index (χ3v) is 14.1. The molecule has 8 amide bonds. The number of amides is 8. The Hall–Kier alpha value is -6.09. The van der Waals surface area contributed by atoms with Crippen molar-refractivity contribution >= 4 is 72.1 Å². The first-order chi connectivity index (χ1) is 33.9. The third-order valence-electron chi connectivity index (χ3n) is 14.1. The fraction of sp³-hybridized carbons (Fsp3) is 0.558. The van der Waals surface area contributed by atoms with Gasteiger partial charge in [0.2, 0.25) is 35.4 Å². The molecular weight excluding hydrogens is 992 g/mol. The monoisotopic (exact) mass is 1070 g/mol.